The molecule has 90 valence electrons. The van der Waals surface area contributed by atoms with Crippen molar-refractivity contribution >= 4 is 16.6 Å². The predicted molar refractivity (Wildman–Crippen MR) is 71.7 cm³/mol. The molecular weight excluding hydrogens is 212 g/mol. The van der Waals surface area contributed by atoms with Crippen molar-refractivity contribution in [3.8, 4) is 5.75 Å². The van der Waals surface area contributed by atoms with Gasteiger partial charge in [0.25, 0.3) is 0 Å². The lowest BCUT2D eigenvalue weighted by atomic mass is 10.1. The third-order valence-electron chi connectivity index (χ3n) is 2.46. The fourth-order valence-corrected chi connectivity index (χ4v) is 1.74. The van der Waals surface area contributed by atoms with Gasteiger partial charge in [-0.2, -0.15) is 0 Å². The number of nitrogens with one attached hydrogen (secondary N) is 1. The maximum atomic E-state index is 5.22. The Hall–Kier alpha value is -1.77. The van der Waals surface area contributed by atoms with Gasteiger partial charge in [-0.3, -0.25) is 0 Å². The number of anilines is 1. The van der Waals surface area contributed by atoms with Crippen LogP contribution >= 0.6 is 0 Å². The highest BCUT2D eigenvalue weighted by atomic mass is 16.5. The monoisotopic (exact) mass is 230 g/mol. The van der Waals surface area contributed by atoms with E-state index in [0.29, 0.717) is 0 Å². The topological polar surface area (TPSA) is 34.1 Å². The van der Waals surface area contributed by atoms with Crippen LogP contribution in [0.1, 0.15) is 20.8 Å². The summed E-state index contributed by atoms with van der Waals surface area (Å²) in [5, 5.41) is 5.65. The van der Waals surface area contributed by atoms with Gasteiger partial charge in [0, 0.05) is 17.1 Å². The first-order valence-electron chi connectivity index (χ1n) is 5.70. The molecular formula is C14H18N2O. The molecule has 17 heavy (non-hydrogen) atoms. The van der Waals surface area contributed by atoms with Crippen molar-refractivity contribution < 1.29 is 4.74 Å². The predicted octanol–water partition coefficient (Wildman–Crippen LogP) is 3.45. The summed E-state index contributed by atoms with van der Waals surface area (Å²) in [6.45, 7) is 6.37. The van der Waals surface area contributed by atoms with Crippen molar-refractivity contribution in [2.24, 2.45) is 0 Å². The summed E-state index contributed by atoms with van der Waals surface area (Å²) < 4.78 is 5.22. The number of pyridine rings is 1. The van der Waals surface area contributed by atoms with Gasteiger partial charge in [0.2, 0.25) is 0 Å². The van der Waals surface area contributed by atoms with E-state index >= 15 is 0 Å². The second-order valence-electron chi connectivity index (χ2n) is 5.12. The van der Waals surface area contributed by atoms with Gasteiger partial charge < -0.3 is 10.1 Å². The zero-order chi connectivity index (χ0) is 12.5. The fraction of sp³-hybridized carbons (Fsp3) is 0.357. The molecule has 0 amide bonds. The molecule has 1 aromatic carbocycles. The second-order valence-corrected chi connectivity index (χ2v) is 5.12. The normalized spacial score (nSPS) is 11.5. The SMILES string of the molecule is COc1ccc2c(NC(C)(C)C)nccc2c1. The van der Waals surface area contributed by atoms with Gasteiger partial charge in [0.05, 0.1) is 7.11 Å². The number of fused-ring (bicyclic) bond motifs is 1. The number of benzene rings is 1. The zero-order valence-corrected chi connectivity index (χ0v) is 10.7. The first-order chi connectivity index (χ1) is 7.99. The van der Waals surface area contributed by atoms with Crippen molar-refractivity contribution in [3.63, 3.8) is 0 Å². The van der Waals surface area contributed by atoms with E-state index in [-0.39, 0.29) is 5.54 Å². The van der Waals surface area contributed by atoms with E-state index in [9.17, 15) is 0 Å². The summed E-state index contributed by atoms with van der Waals surface area (Å²) in [5.41, 5.74) is 0.00120. The van der Waals surface area contributed by atoms with Gasteiger partial charge in [-0.1, -0.05) is 0 Å². The molecule has 0 atom stereocenters. The lowest BCUT2D eigenvalue weighted by molar-refractivity contribution is 0.415. The number of methoxy groups -OCH3 is 1. The largest absolute Gasteiger partial charge is 0.497 e. The molecule has 0 bridgehead atoms. The molecule has 0 spiro atoms. The molecule has 0 fully saturated rings. The molecule has 0 unspecified atom stereocenters. The lowest BCUT2D eigenvalue weighted by Gasteiger charge is -2.22. The number of hydrogen-bond donors (Lipinski definition) is 1. The summed E-state index contributed by atoms with van der Waals surface area (Å²) in [6.07, 6.45) is 1.82. The van der Waals surface area contributed by atoms with Gasteiger partial charge in [0.15, 0.2) is 0 Å². The van der Waals surface area contributed by atoms with Crippen molar-refractivity contribution in [2.45, 2.75) is 26.3 Å². The molecule has 0 aliphatic heterocycles. The van der Waals surface area contributed by atoms with E-state index in [2.05, 4.69) is 31.1 Å². The standard InChI is InChI=1S/C14H18N2O/c1-14(2,3)16-13-12-6-5-11(17-4)9-10(12)7-8-15-13/h5-9H,1-4H3,(H,15,16). The van der Waals surface area contributed by atoms with Crippen LogP contribution in [-0.2, 0) is 0 Å². The third kappa shape index (κ3) is 2.67. The summed E-state index contributed by atoms with van der Waals surface area (Å²) in [5.74, 6) is 1.78. The number of nitrogens with zero attached hydrogens (tertiary/aromatic N) is 1. The Morgan fingerprint density at radius 1 is 1.18 bits per heavy atom. The Labute approximate surface area is 102 Å². The van der Waals surface area contributed by atoms with Crippen molar-refractivity contribution in [1.82, 2.24) is 4.98 Å². The van der Waals surface area contributed by atoms with Crippen molar-refractivity contribution in [3.05, 3.63) is 30.5 Å². The van der Waals surface area contributed by atoms with E-state index < -0.39 is 0 Å². The lowest BCUT2D eigenvalue weighted by Crippen LogP contribution is -2.26. The highest BCUT2D eigenvalue weighted by Gasteiger charge is 2.12. The van der Waals surface area contributed by atoms with Crippen LogP contribution in [-0.4, -0.2) is 17.6 Å². The van der Waals surface area contributed by atoms with E-state index in [1.165, 1.54) is 0 Å². The maximum Gasteiger partial charge on any atom is 0.134 e. The van der Waals surface area contributed by atoms with E-state index in [1.54, 1.807) is 7.11 Å². The van der Waals surface area contributed by atoms with Crippen LogP contribution in [0.3, 0.4) is 0 Å². The molecule has 1 aromatic heterocycles. The molecule has 0 radical (unpaired) electrons. The average molecular weight is 230 g/mol. The van der Waals surface area contributed by atoms with Crippen LogP contribution < -0.4 is 10.1 Å². The van der Waals surface area contributed by atoms with Crippen LogP contribution in [0.2, 0.25) is 0 Å². The molecule has 0 aliphatic carbocycles. The molecule has 2 aromatic rings. The smallest absolute Gasteiger partial charge is 0.134 e. The molecule has 0 aliphatic rings. The molecule has 0 saturated heterocycles. The van der Waals surface area contributed by atoms with Crippen molar-refractivity contribution in [1.29, 1.82) is 0 Å². The Balaban J connectivity index is 2.51. The molecule has 1 N–H and O–H groups in total. The maximum absolute atomic E-state index is 5.22. The van der Waals surface area contributed by atoms with Crippen molar-refractivity contribution in [2.75, 3.05) is 12.4 Å². The highest BCUT2D eigenvalue weighted by molar-refractivity contribution is 5.92. The Morgan fingerprint density at radius 3 is 2.59 bits per heavy atom. The molecule has 3 heteroatoms. The van der Waals surface area contributed by atoms with Crippen LogP contribution in [0.4, 0.5) is 5.82 Å². The minimum absolute atomic E-state index is 0.00120. The second kappa shape index (κ2) is 4.24. The Kier molecular flexibility index (Phi) is 2.92. The summed E-state index contributed by atoms with van der Waals surface area (Å²) in [4.78, 5) is 4.40. The number of rotatable bonds is 2. The van der Waals surface area contributed by atoms with Gasteiger partial charge >= 0.3 is 0 Å². The van der Waals surface area contributed by atoms with E-state index in [0.717, 1.165) is 22.3 Å². The van der Waals surface area contributed by atoms with Gasteiger partial charge in [-0.15, -0.1) is 0 Å². The van der Waals surface area contributed by atoms with Crippen LogP contribution in [0.15, 0.2) is 30.5 Å². The number of hydrogen-bond acceptors (Lipinski definition) is 3. The summed E-state index contributed by atoms with van der Waals surface area (Å²) >= 11 is 0. The minimum Gasteiger partial charge on any atom is -0.497 e. The molecule has 0 saturated carbocycles. The Morgan fingerprint density at radius 2 is 1.94 bits per heavy atom. The van der Waals surface area contributed by atoms with Crippen LogP contribution in [0.25, 0.3) is 10.8 Å². The Bertz CT molecular complexity index is 529. The first kappa shape index (κ1) is 11.7. The highest BCUT2D eigenvalue weighted by Crippen LogP contribution is 2.26. The number of ether oxygens (including phenoxy) is 1. The summed E-state index contributed by atoms with van der Waals surface area (Å²) in [6, 6.07) is 8.00. The molecule has 1 heterocycles. The average Bonchev–Trinajstić information content (AvgIpc) is 2.26. The minimum atomic E-state index is 0.00120. The van der Waals surface area contributed by atoms with Gasteiger partial charge in [-0.05, 0) is 50.4 Å². The van der Waals surface area contributed by atoms with Gasteiger partial charge in [-0.25, -0.2) is 4.98 Å². The number of aromatic nitrogens is 1. The van der Waals surface area contributed by atoms with E-state index in [4.69, 9.17) is 4.74 Å². The molecule has 2 rings (SSSR count). The van der Waals surface area contributed by atoms with Crippen LogP contribution in [0, 0.1) is 0 Å². The van der Waals surface area contributed by atoms with Gasteiger partial charge in [0.1, 0.15) is 11.6 Å². The summed E-state index contributed by atoms with van der Waals surface area (Å²) in [7, 11) is 1.68. The first-order valence-corrected chi connectivity index (χ1v) is 5.70. The quantitative estimate of drug-likeness (QED) is 0.858. The van der Waals surface area contributed by atoms with E-state index in [1.807, 2.05) is 30.5 Å². The third-order valence-corrected chi connectivity index (χ3v) is 2.46. The fourth-order valence-electron chi connectivity index (χ4n) is 1.74. The molecule has 3 nitrogen and oxygen atoms in total. The zero-order valence-electron chi connectivity index (χ0n) is 10.7. The van der Waals surface area contributed by atoms with Crippen LogP contribution in [0.5, 0.6) is 5.75 Å².